The second-order valence-electron chi connectivity index (χ2n) is 15.7. The van der Waals surface area contributed by atoms with E-state index >= 15 is 0 Å². The highest BCUT2D eigenvalue weighted by Crippen LogP contribution is 2.37. The zero-order valence-corrected chi connectivity index (χ0v) is 35.4. The van der Waals surface area contributed by atoms with Gasteiger partial charge in [0, 0.05) is 17.1 Å². The van der Waals surface area contributed by atoms with E-state index in [0.717, 1.165) is 17.1 Å². The third kappa shape index (κ3) is 7.60. The molecular weight excluding hydrogens is 763 g/mol. The van der Waals surface area contributed by atoms with E-state index in [2.05, 4.69) is 278 Å². The average molecular weight is 808 g/mol. The van der Waals surface area contributed by atoms with E-state index in [1.807, 2.05) is 0 Å². The highest BCUT2D eigenvalue weighted by molar-refractivity contribution is 7.19. The number of hydrogen-bond acceptors (Lipinski definition) is 1. The zero-order chi connectivity index (χ0) is 41.6. The van der Waals surface area contributed by atoms with Crippen molar-refractivity contribution in [1.29, 1.82) is 0 Å². The van der Waals surface area contributed by atoms with E-state index in [9.17, 15) is 0 Å². The Morgan fingerprint density at radius 1 is 0.177 bits per heavy atom. The summed E-state index contributed by atoms with van der Waals surface area (Å²) in [5.74, 6) is 0. The third-order valence-corrected chi connectivity index (χ3v) is 16.9. The fourth-order valence-corrected chi connectivity index (χ4v) is 13.7. The summed E-state index contributed by atoms with van der Waals surface area (Å²) in [6.45, 7) is 0. The molecule has 10 aromatic rings. The molecule has 0 fully saturated rings. The second-order valence-corrected chi connectivity index (χ2v) is 19.5. The smallest absolute Gasteiger partial charge is 0.179 e. The van der Waals surface area contributed by atoms with Gasteiger partial charge in [0.2, 0.25) is 0 Å². The molecule has 0 bridgehead atoms. The Kier molecular flexibility index (Phi) is 10.8. The predicted molar refractivity (Wildman–Crippen MR) is 266 cm³/mol. The standard InChI is InChI=1S/C60H45NSi/c1-6-16-46(17-7-1)48-26-30-50(31-27-48)52-34-38-54(39-35-52)61(55-40-36-53(37-41-55)51-32-28-49(29-33-51)47-18-8-2-9-19-47)56-42-44-60(45-43-56)62(57-20-10-3-11-21-57,58-22-12-4-13-23-58)59-24-14-5-15-25-59/h1-45H. The quantitative estimate of drug-likeness (QED) is 0.0929. The van der Waals surface area contributed by atoms with E-state index in [1.165, 1.54) is 65.3 Å². The van der Waals surface area contributed by atoms with Gasteiger partial charge in [0.15, 0.2) is 8.07 Å². The molecule has 0 saturated carbocycles. The van der Waals surface area contributed by atoms with Crippen LogP contribution >= 0.6 is 0 Å². The first-order chi connectivity index (χ1) is 30.7. The molecule has 0 spiro atoms. The summed E-state index contributed by atoms with van der Waals surface area (Å²) >= 11 is 0. The fraction of sp³-hybridized carbons (Fsp3) is 0. The van der Waals surface area contributed by atoms with E-state index in [0.29, 0.717) is 0 Å². The lowest BCUT2D eigenvalue weighted by molar-refractivity contribution is 1.28. The van der Waals surface area contributed by atoms with Crippen LogP contribution in [-0.4, -0.2) is 8.07 Å². The van der Waals surface area contributed by atoms with Crippen LogP contribution in [-0.2, 0) is 0 Å². The number of rotatable bonds is 11. The molecule has 0 atom stereocenters. The molecule has 10 rings (SSSR count). The molecule has 294 valence electrons. The van der Waals surface area contributed by atoms with Crippen molar-refractivity contribution in [3.05, 3.63) is 273 Å². The minimum absolute atomic E-state index is 1.10. The maximum Gasteiger partial charge on any atom is 0.179 e. The Morgan fingerprint density at radius 2 is 0.371 bits per heavy atom. The van der Waals surface area contributed by atoms with E-state index in [1.54, 1.807) is 0 Å². The van der Waals surface area contributed by atoms with Crippen LogP contribution in [0.4, 0.5) is 17.1 Å². The van der Waals surface area contributed by atoms with Gasteiger partial charge < -0.3 is 4.90 Å². The summed E-state index contributed by atoms with van der Waals surface area (Å²) < 4.78 is 0. The van der Waals surface area contributed by atoms with Gasteiger partial charge in [-0.05, 0) is 102 Å². The van der Waals surface area contributed by atoms with Crippen LogP contribution in [0.3, 0.4) is 0 Å². The number of hydrogen-bond donors (Lipinski definition) is 0. The van der Waals surface area contributed by atoms with Gasteiger partial charge in [0.1, 0.15) is 0 Å². The normalized spacial score (nSPS) is 11.2. The van der Waals surface area contributed by atoms with Crippen LogP contribution in [0.5, 0.6) is 0 Å². The van der Waals surface area contributed by atoms with Gasteiger partial charge in [0.25, 0.3) is 0 Å². The monoisotopic (exact) mass is 807 g/mol. The van der Waals surface area contributed by atoms with Gasteiger partial charge in [-0.3, -0.25) is 0 Å². The van der Waals surface area contributed by atoms with Crippen molar-refractivity contribution in [3.63, 3.8) is 0 Å². The fourth-order valence-electron chi connectivity index (χ4n) is 8.95. The van der Waals surface area contributed by atoms with Crippen molar-refractivity contribution < 1.29 is 0 Å². The molecule has 0 saturated heterocycles. The maximum atomic E-state index is 2.38. The molecule has 0 unspecified atom stereocenters. The molecule has 0 aromatic heterocycles. The van der Waals surface area contributed by atoms with Crippen LogP contribution in [0.15, 0.2) is 273 Å². The van der Waals surface area contributed by atoms with E-state index < -0.39 is 8.07 Å². The number of anilines is 3. The van der Waals surface area contributed by atoms with Gasteiger partial charge in [-0.25, -0.2) is 0 Å². The van der Waals surface area contributed by atoms with Crippen molar-refractivity contribution in [2.45, 2.75) is 0 Å². The van der Waals surface area contributed by atoms with Crippen molar-refractivity contribution >= 4 is 45.9 Å². The van der Waals surface area contributed by atoms with Crippen LogP contribution in [0.2, 0.25) is 0 Å². The average Bonchev–Trinajstić information content (AvgIpc) is 3.37. The molecule has 0 N–H and O–H groups in total. The molecular formula is C60H45NSi. The van der Waals surface area contributed by atoms with Crippen molar-refractivity contribution in [2.75, 3.05) is 4.90 Å². The van der Waals surface area contributed by atoms with Gasteiger partial charge in [-0.2, -0.15) is 0 Å². The lowest BCUT2D eigenvalue weighted by Gasteiger charge is -2.35. The maximum absolute atomic E-state index is 2.68. The second kappa shape index (κ2) is 17.4. The summed E-state index contributed by atoms with van der Waals surface area (Å²) in [4.78, 5) is 2.38. The van der Waals surface area contributed by atoms with E-state index in [-0.39, 0.29) is 0 Å². The third-order valence-electron chi connectivity index (χ3n) is 12.1. The summed E-state index contributed by atoms with van der Waals surface area (Å²) in [6.07, 6.45) is 0. The topological polar surface area (TPSA) is 3.24 Å². The summed E-state index contributed by atoms with van der Waals surface area (Å²) in [5.41, 5.74) is 12.9. The molecule has 0 aliphatic heterocycles. The first kappa shape index (κ1) is 38.4. The Labute approximate surface area is 366 Å². The van der Waals surface area contributed by atoms with Crippen LogP contribution in [0, 0.1) is 0 Å². The SMILES string of the molecule is c1ccc(-c2ccc(-c3ccc(N(c4ccc(-c5ccc(-c6ccccc6)cc5)cc4)c4ccc([Si](c5ccccc5)(c5ccccc5)c5ccccc5)cc4)cc3)cc2)cc1. The molecule has 0 heterocycles. The summed E-state index contributed by atoms with van der Waals surface area (Å²) in [7, 11) is -2.68. The minimum atomic E-state index is -2.68. The molecule has 10 aromatic carbocycles. The van der Waals surface area contributed by atoms with E-state index in [4.69, 9.17) is 0 Å². The van der Waals surface area contributed by atoms with Crippen LogP contribution in [0.25, 0.3) is 44.5 Å². The Hall–Kier alpha value is -7.78. The summed E-state index contributed by atoms with van der Waals surface area (Å²) in [5, 5.41) is 5.43. The van der Waals surface area contributed by atoms with Crippen LogP contribution in [0.1, 0.15) is 0 Å². The van der Waals surface area contributed by atoms with Crippen molar-refractivity contribution in [3.8, 4) is 44.5 Å². The van der Waals surface area contributed by atoms with Gasteiger partial charge in [-0.15, -0.1) is 0 Å². The molecule has 62 heavy (non-hydrogen) atoms. The Morgan fingerprint density at radius 3 is 0.645 bits per heavy atom. The molecule has 0 aliphatic rings. The summed E-state index contributed by atoms with van der Waals surface area (Å²) in [6, 6.07) is 99.6. The molecule has 0 radical (unpaired) electrons. The van der Waals surface area contributed by atoms with Crippen molar-refractivity contribution in [1.82, 2.24) is 0 Å². The lowest BCUT2D eigenvalue weighted by atomic mass is 9.99. The van der Waals surface area contributed by atoms with Crippen LogP contribution < -0.4 is 25.6 Å². The van der Waals surface area contributed by atoms with Gasteiger partial charge >= 0.3 is 0 Å². The predicted octanol–water partition coefficient (Wildman–Crippen LogP) is 13.2. The van der Waals surface area contributed by atoms with Gasteiger partial charge in [0.05, 0.1) is 0 Å². The molecule has 1 nitrogen and oxygen atoms in total. The number of benzene rings is 10. The largest absolute Gasteiger partial charge is 0.311 e. The highest BCUT2D eigenvalue weighted by atomic mass is 28.3. The Bertz CT molecular complexity index is 2750. The Balaban J connectivity index is 1.04. The molecule has 2 heteroatoms. The first-order valence-electron chi connectivity index (χ1n) is 21.3. The zero-order valence-electron chi connectivity index (χ0n) is 34.4. The number of nitrogens with zero attached hydrogens (tertiary/aromatic N) is 1. The van der Waals surface area contributed by atoms with Crippen molar-refractivity contribution in [2.24, 2.45) is 0 Å². The van der Waals surface area contributed by atoms with Gasteiger partial charge in [-0.1, -0.05) is 237 Å². The first-order valence-corrected chi connectivity index (χ1v) is 23.3. The lowest BCUT2D eigenvalue weighted by Crippen LogP contribution is -2.74. The molecule has 0 aliphatic carbocycles. The highest BCUT2D eigenvalue weighted by Gasteiger charge is 2.41. The molecule has 0 amide bonds. The minimum Gasteiger partial charge on any atom is -0.311 e.